The maximum atomic E-state index is 11.6. The van der Waals surface area contributed by atoms with E-state index in [0.29, 0.717) is 11.8 Å². The minimum Gasteiger partial charge on any atom is -0.469 e. The fourth-order valence-electron chi connectivity index (χ4n) is 3.24. The Bertz CT molecular complexity index is 265. The molecule has 0 heterocycles. The average Bonchev–Trinajstić information content (AvgIpc) is 2.86. The van der Waals surface area contributed by atoms with Crippen LogP contribution >= 0.6 is 0 Å². The molecule has 2 fully saturated rings. The summed E-state index contributed by atoms with van der Waals surface area (Å²) in [5.41, 5.74) is 0. The molecular formula is C13H24O4Se. The molecule has 0 aromatic rings. The summed E-state index contributed by atoms with van der Waals surface area (Å²) in [6, 6.07) is 0. The Morgan fingerprint density at radius 1 is 0.889 bits per heavy atom. The zero-order chi connectivity index (χ0) is 11.0. The molecule has 4 nitrogen and oxygen atoms in total. The minimum atomic E-state index is -0.263. The van der Waals surface area contributed by atoms with E-state index in [2.05, 4.69) is 0 Å². The smallest absolute Gasteiger partial charge is 0.309 e. The van der Waals surface area contributed by atoms with Crippen molar-refractivity contribution in [2.45, 2.75) is 34.1 Å². The van der Waals surface area contributed by atoms with E-state index >= 15 is 0 Å². The monoisotopic (exact) mass is 324 g/mol. The van der Waals surface area contributed by atoms with E-state index in [4.69, 9.17) is 9.47 Å². The first-order chi connectivity index (χ1) is 7.19. The Morgan fingerprint density at radius 3 is 1.50 bits per heavy atom. The number of carbonyl (C=O) groups excluding carboxylic acids is 2. The van der Waals surface area contributed by atoms with Crippen molar-refractivity contribution in [3.63, 3.8) is 0 Å². The van der Waals surface area contributed by atoms with Crippen LogP contribution in [-0.2, 0) is 19.1 Å². The fourth-order valence-corrected chi connectivity index (χ4v) is 3.24. The second-order valence-electron chi connectivity index (χ2n) is 4.43. The number of esters is 2. The van der Waals surface area contributed by atoms with Gasteiger partial charge >= 0.3 is 11.9 Å². The summed E-state index contributed by atoms with van der Waals surface area (Å²) in [6.45, 7) is 0. The summed E-state index contributed by atoms with van der Waals surface area (Å²) in [5, 5.41) is 0. The predicted molar refractivity (Wildman–Crippen MR) is 71.1 cm³/mol. The van der Waals surface area contributed by atoms with Crippen LogP contribution < -0.4 is 0 Å². The van der Waals surface area contributed by atoms with Gasteiger partial charge in [-0.1, -0.05) is 14.9 Å². The third kappa shape index (κ3) is 3.07. The maximum Gasteiger partial charge on any atom is 0.309 e. The van der Waals surface area contributed by atoms with Gasteiger partial charge < -0.3 is 9.47 Å². The molecular weight excluding hydrogens is 299 g/mol. The Balaban J connectivity index is 0. The van der Waals surface area contributed by atoms with Crippen LogP contribution in [0.15, 0.2) is 0 Å². The van der Waals surface area contributed by atoms with Crippen LogP contribution in [-0.4, -0.2) is 43.2 Å². The molecule has 4 unspecified atom stereocenters. The number of fused-ring (bicyclic) bond motifs is 2. The first kappa shape index (κ1) is 19.8. The Labute approximate surface area is 120 Å². The van der Waals surface area contributed by atoms with Gasteiger partial charge in [0.15, 0.2) is 0 Å². The molecule has 2 radical (unpaired) electrons. The molecule has 2 rings (SSSR count). The van der Waals surface area contributed by atoms with Crippen LogP contribution in [0.1, 0.15) is 34.1 Å². The van der Waals surface area contributed by atoms with E-state index in [1.165, 1.54) is 14.2 Å². The van der Waals surface area contributed by atoms with E-state index < -0.39 is 0 Å². The standard InChI is InChI=1S/C11H16O4.2CH4.Se/c1-14-10(12)8-6-3-4-7(5-6)9(8)11(13)15-2;;;/h6-9H,3-5H2,1-2H3;2*1H4;. The van der Waals surface area contributed by atoms with Crippen LogP contribution in [0.3, 0.4) is 0 Å². The maximum absolute atomic E-state index is 11.6. The third-order valence-electron chi connectivity index (χ3n) is 3.86. The Morgan fingerprint density at radius 2 is 1.22 bits per heavy atom. The van der Waals surface area contributed by atoms with E-state index in [1.54, 1.807) is 0 Å². The van der Waals surface area contributed by atoms with Crippen molar-refractivity contribution in [2.75, 3.05) is 14.2 Å². The van der Waals surface area contributed by atoms with E-state index in [-0.39, 0.29) is 55.7 Å². The molecule has 0 saturated heterocycles. The van der Waals surface area contributed by atoms with Gasteiger partial charge in [0.2, 0.25) is 0 Å². The fraction of sp³-hybridized carbons (Fsp3) is 0.846. The van der Waals surface area contributed by atoms with E-state index in [1.807, 2.05) is 0 Å². The van der Waals surface area contributed by atoms with Crippen molar-refractivity contribution in [3.8, 4) is 0 Å². The molecule has 2 saturated carbocycles. The molecule has 0 aromatic carbocycles. The number of carbonyl (C=O) groups is 2. The number of rotatable bonds is 2. The third-order valence-corrected chi connectivity index (χ3v) is 3.86. The quantitative estimate of drug-likeness (QED) is 0.575. The number of ether oxygens (including phenoxy) is 2. The van der Waals surface area contributed by atoms with Crippen LogP contribution in [0.25, 0.3) is 0 Å². The molecule has 2 aliphatic rings. The SMILES string of the molecule is C.C.COC(=O)C1C2CCC(C2)C1C(=O)OC.[Se]. The molecule has 2 bridgehead atoms. The summed E-state index contributed by atoms with van der Waals surface area (Å²) >= 11 is 0. The largest absolute Gasteiger partial charge is 0.469 e. The van der Waals surface area contributed by atoms with Crippen LogP contribution in [0.2, 0.25) is 0 Å². The van der Waals surface area contributed by atoms with Crippen molar-refractivity contribution in [2.24, 2.45) is 23.7 Å². The van der Waals surface area contributed by atoms with Gasteiger partial charge in [0, 0.05) is 17.1 Å². The Kier molecular flexibility index (Phi) is 8.57. The van der Waals surface area contributed by atoms with Gasteiger partial charge in [0.1, 0.15) is 0 Å². The van der Waals surface area contributed by atoms with Crippen molar-refractivity contribution in [1.29, 1.82) is 0 Å². The van der Waals surface area contributed by atoms with Crippen LogP contribution in [0.4, 0.5) is 0 Å². The normalized spacial score (nSPS) is 31.4. The molecule has 0 amide bonds. The molecule has 106 valence electrons. The van der Waals surface area contributed by atoms with Crippen molar-refractivity contribution in [1.82, 2.24) is 0 Å². The molecule has 2 aliphatic carbocycles. The van der Waals surface area contributed by atoms with Gasteiger partial charge in [-0.3, -0.25) is 9.59 Å². The molecule has 4 atom stereocenters. The van der Waals surface area contributed by atoms with Crippen molar-refractivity contribution in [3.05, 3.63) is 0 Å². The summed E-state index contributed by atoms with van der Waals surface area (Å²) < 4.78 is 9.53. The summed E-state index contributed by atoms with van der Waals surface area (Å²) in [5.74, 6) is -0.379. The van der Waals surface area contributed by atoms with Crippen LogP contribution in [0.5, 0.6) is 0 Å². The van der Waals surface area contributed by atoms with Crippen molar-refractivity contribution < 1.29 is 19.1 Å². The molecule has 0 aliphatic heterocycles. The van der Waals surface area contributed by atoms with Gasteiger partial charge in [0.25, 0.3) is 0 Å². The summed E-state index contributed by atoms with van der Waals surface area (Å²) in [4.78, 5) is 23.2. The zero-order valence-electron chi connectivity index (χ0n) is 9.47. The molecule has 0 aromatic heterocycles. The second-order valence-corrected chi connectivity index (χ2v) is 4.43. The molecule has 5 heteroatoms. The predicted octanol–water partition coefficient (Wildman–Crippen LogP) is 1.89. The van der Waals surface area contributed by atoms with Gasteiger partial charge in [-0.25, -0.2) is 0 Å². The van der Waals surface area contributed by atoms with E-state index in [9.17, 15) is 9.59 Å². The topological polar surface area (TPSA) is 52.6 Å². The summed E-state index contributed by atoms with van der Waals surface area (Å²) in [6.07, 6.45) is 3.05. The summed E-state index contributed by atoms with van der Waals surface area (Å²) in [7, 11) is 2.76. The van der Waals surface area contributed by atoms with E-state index in [0.717, 1.165) is 19.3 Å². The first-order valence-electron chi connectivity index (χ1n) is 5.34. The van der Waals surface area contributed by atoms with Crippen LogP contribution in [0, 0.1) is 23.7 Å². The molecule has 0 spiro atoms. The second kappa shape index (κ2) is 7.80. The van der Waals surface area contributed by atoms with Crippen molar-refractivity contribution >= 4 is 29.0 Å². The van der Waals surface area contributed by atoms with Gasteiger partial charge in [-0.15, -0.1) is 0 Å². The van der Waals surface area contributed by atoms with Gasteiger partial charge in [-0.2, -0.15) is 0 Å². The Hall–Kier alpha value is -0.541. The van der Waals surface area contributed by atoms with Gasteiger partial charge in [0.05, 0.1) is 26.1 Å². The number of hydrogen-bond acceptors (Lipinski definition) is 4. The average molecular weight is 323 g/mol. The van der Waals surface area contributed by atoms with Gasteiger partial charge in [-0.05, 0) is 31.1 Å². The first-order valence-corrected chi connectivity index (χ1v) is 5.34. The molecule has 18 heavy (non-hydrogen) atoms. The molecule has 0 N–H and O–H groups in total. The zero-order valence-corrected chi connectivity index (χ0v) is 11.2. The number of hydrogen-bond donors (Lipinski definition) is 0. The number of methoxy groups -OCH3 is 2. The minimum absolute atomic E-state index is 0.